The minimum atomic E-state index is 0.240. The summed E-state index contributed by atoms with van der Waals surface area (Å²) in [6.45, 7) is 13.7. The maximum Gasteiger partial charge on any atom is 0.0355 e. The van der Waals surface area contributed by atoms with Crippen LogP contribution in [-0.2, 0) is 0 Å². The van der Waals surface area contributed by atoms with Crippen molar-refractivity contribution in [3.63, 3.8) is 0 Å². The predicted octanol–water partition coefficient (Wildman–Crippen LogP) is 2.56. The molecule has 0 bridgehead atoms. The van der Waals surface area contributed by atoms with Gasteiger partial charge >= 0.3 is 0 Å². The smallest absolute Gasteiger partial charge is 0.0355 e. The van der Waals surface area contributed by atoms with Crippen molar-refractivity contribution in [2.45, 2.75) is 65.0 Å². The summed E-state index contributed by atoms with van der Waals surface area (Å²) >= 11 is 0. The normalized spacial score (nSPS) is 20.7. The van der Waals surface area contributed by atoms with Gasteiger partial charge in [-0.1, -0.05) is 27.7 Å². The minimum Gasteiger partial charge on any atom is -0.329 e. The number of nitrogens with two attached hydrogens (primary N) is 1. The van der Waals surface area contributed by atoms with Gasteiger partial charge in [-0.05, 0) is 51.7 Å². The van der Waals surface area contributed by atoms with E-state index in [4.69, 9.17) is 5.73 Å². The molecule has 114 valence electrons. The van der Waals surface area contributed by atoms with Crippen molar-refractivity contribution in [1.29, 1.82) is 0 Å². The highest BCUT2D eigenvalue weighted by Crippen LogP contribution is 2.30. The van der Waals surface area contributed by atoms with Crippen LogP contribution >= 0.6 is 0 Å². The van der Waals surface area contributed by atoms with Crippen molar-refractivity contribution in [2.24, 2.45) is 11.7 Å². The summed E-state index contributed by atoms with van der Waals surface area (Å²) in [5.41, 5.74) is 6.41. The van der Waals surface area contributed by atoms with Gasteiger partial charge in [0, 0.05) is 24.7 Å². The number of likely N-dealkylation sites (tertiary alicyclic amines) is 1. The van der Waals surface area contributed by atoms with Crippen LogP contribution in [0.25, 0.3) is 0 Å². The number of rotatable bonds is 7. The Bertz CT molecular complexity index is 240. The highest BCUT2D eigenvalue weighted by Gasteiger charge is 2.38. The van der Waals surface area contributed by atoms with Crippen LogP contribution in [0.1, 0.15) is 53.4 Å². The summed E-state index contributed by atoms with van der Waals surface area (Å²) in [4.78, 5) is 5.21. The summed E-state index contributed by atoms with van der Waals surface area (Å²) in [6.07, 6.45) is 4.90. The standard InChI is InChI=1S/C16H35N3/c1-6-15(7-2)18(5)16(13-17)8-10-19(11-9-16)12-14(3)4/h14-15H,6-13,17H2,1-5H3. The fourth-order valence-corrected chi connectivity index (χ4v) is 3.59. The van der Waals surface area contributed by atoms with Crippen LogP contribution in [0.2, 0.25) is 0 Å². The lowest BCUT2D eigenvalue weighted by atomic mass is 9.84. The molecule has 2 N–H and O–H groups in total. The predicted molar refractivity (Wildman–Crippen MR) is 84.4 cm³/mol. The quantitative estimate of drug-likeness (QED) is 0.771. The highest BCUT2D eigenvalue weighted by atomic mass is 15.2. The fourth-order valence-electron chi connectivity index (χ4n) is 3.59. The third-order valence-corrected chi connectivity index (χ3v) is 5.03. The van der Waals surface area contributed by atoms with Gasteiger partial charge in [0.05, 0.1) is 0 Å². The molecule has 1 saturated heterocycles. The maximum atomic E-state index is 6.17. The lowest BCUT2D eigenvalue weighted by molar-refractivity contribution is 0.0114. The molecular formula is C16H35N3. The first-order chi connectivity index (χ1) is 8.99. The molecule has 1 heterocycles. The molecule has 3 heteroatoms. The van der Waals surface area contributed by atoms with E-state index in [0.717, 1.165) is 12.5 Å². The van der Waals surface area contributed by atoms with Crippen molar-refractivity contribution >= 4 is 0 Å². The summed E-state index contributed by atoms with van der Waals surface area (Å²) in [5, 5.41) is 0. The second-order valence-electron chi connectivity index (χ2n) is 6.70. The number of hydrogen-bond donors (Lipinski definition) is 1. The van der Waals surface area contributed by atoms with Gasteiger partial charge in [-0.3, -0.25) is 4.90 Å². The fraction of sp³-hybridized carbons (Fsp3) is 1.00. The lowest BCUT2D eigenvalue weighted by Crippen LogP contribution is -2.60. The van der Waals surface area contributed by atoms with Crippen molar-refractivity contribution < 1.29 is 0 Å². The molecule has 19 heavy (non-hydrogen) atoms. The second kappa shape index (κ2) is 7.61. The lowest BCUT2D eigenvalue weighted by Gasteiger charge is -2.50. The van der Waals surface area contributed by atoms with E-state index in [0.29, 0.717) is 6.04 Å². The zero-order chi connectivity index (χ0) is 14.5. The van der Waals surface area contributed by atoms with Gasteiger partial charge < -0.3 is 10.6 Å². The van der Waals surface area contributed by atoms with Crippen LogP contribution in [0.4, 0.5) is 0 Å². The van der Waals surface area contributed by atoms with Crippen LogP contribution in [0.15, 0.2) is 0 Å². The number of hydrogen-bond acceptors (Lipinski definition) is 3. The van der Waals surface area contributed by atoms with E-state index < -0.39 is 0 Å². The van der Waals surface area contributed by atoms with Gasteiger partial charge in [-0.15, -0.1) is 0 Å². The van der Waals surface area contributed by atoms with Crippen molar-refractivity contribution in [3.05, 3.63) is 0 Å². The summed E-state index contributed by atoms with van der Waals surface area (Å²) < 4.78 is 0. The topological polar surface area (TPSA) is 32.5 Å². The van der Waals surface area contributed by atoms with Gasteiger partial charge in [-0.25, -0.2) is 0 Å². The molecule has 0 aromatic rings. The van der Waals surface area contributed by atoms with Gasteiger partial charge in [0.15, 0.2) is 0 Å². The molecule has 1 aliphatic heterocycles. The third-order valence-electron chi connectivity index (χ3n) is 5.03. The molecule has 0 saturated carbocycles. The average molecular weight is 269 g/mol. The zero-order valence-electron chi connectivity index (χ0n) is 13.8. The first-order valence-electron chi connectivity index (χ1n) is 8.14. The third kappa shape index (κ3) is 4.17. The number of piperidine rings is 1. The van der Waals surface area contributed by atoms with Gasteiger partial charge in [-0.2, -0.15) is 0 Å². The van der Waals surface area contributed by atoms with Gasteiger partial charge in [0.2, 0.25) is 0 Å². The minimum absolute atomic E-state index is 0.240. The average Bonchev–Trinajstić information content (AvgIpc) is 2.40. The Kier molecular flexibility index (Phi) is 6.78. The molecular weight excluding hydrogens is 234 g/mol. The van der Waals surface area contributed by atoms with Gasteiger partial charge in [0.25, 0.3) is 0 Å². The van der Waals surface area contributed by atoms with Gasteiger partial charge in [0.1, 0.15) is 0 Å². The Morgan fingerprint density at radius 3 is 2.05 bits per heavy atom. The first kappa shape index (κ1) is 16.9. The molecule has 1 rings (SSSR count). The molecule has 0 aromatic carbocycles. The van der Waals surface area contributed by atoms with Crippen LogP contribution < -0.4 is 5.73 Å². The number of likely N-dealkylation sites (N-methyl/N-ethyl adjacent to an activating group) is 1. The largest absolute Gasteiger partial charge is 0.329 e. The van der Waals surface area contributed by atoms with E-state index in [9.17, 15) is 0 Å². The Balaban J connectivity index is 2.64. The molecule has 0 spiro atoms. The highest BCUT2D eigenvalue weighted by molar-refractivity contribution is 4.97. The van der Waals surface area contributed by atoms with E-state index in [1.54, 1.807) is 0 Å². The van der Waals surface area contributed by atoms with E-state index in [-0.39, 0.29) is 5.54 Å². The van der Waals surface area contributed by atoms with Crippen molar-refractivity contribution in [1.82, 2.24) is 9.80 Å². The monoisotopic (exact) mass is 269 g/mol. The Hall–Kier alpha value is -0.120. The van der Waals surface area contributed by atoms with E-state index in [2.05, 4.69) is 44.5 Å². The second-order valence-corrected chi connectivity index (χ2v) is 6.70. The summed E-state index contributed by atoms with van der Waals surface area (Å²) in [5.74, 6) is 0.766. The van der Waals surface area contributed by atoms with Crippen molar-refractivity contribution in [2.75, 3.05) is 33.2 Å². The van der Waals surface area contributed by atoms with E-state index in [1.807, 2.05) is 0 Å². The molecule has 0 aliphatic carbocycles. The van der Waals surface area contributed by atoms with Crippen LogP contribution in [0, 0.1) is 5.92 Å². The van der Waals surface area contributed by atoms with Crippen LogP contribution in [0.3, 0.4) is 0 Å². The zero-order valence-corrected chi connectivity index (χ0v) is 13.8. The Labute approximate surface area is 120 Å². The molecule has 1 aliphatic rings. The maximum absolute atomic E-state index is 6.17. The first-order valence-corrected chi connectivity index (χ1v) is 8.14. The molecule has 1 fully saturated rings. The Morgan fingerprint density at radius 2 is 1.68 bits per heavy atom. The Morgan fingerprint density at radius 1 is 1.16 bits per heavy atom. The SMILES string of the molecule is CCC(CC)N(C)C1(CN)CCN(CC(C)C)CC1. The summed E-state index contributed by atoms with van der Waals surface area (Å²) in [6, 6.07) is 0.681. The molecule has 0 aromatic heterocycles. The van der Waals surface area contributed by atoms with E-state index in [1.165, 1.54) is 45.3 Å². The molecule has 0 atom stereocenters. The van der Waals surface area contributed by atoms with Crippen LogP contribution in [0.5, 0.6) is 0 Å². The van der Waals surface area contributed by atoms with E-state index >= 15 is 0 Å². The van der Waals surface area contributed by atoms with Crippen molar-refractivity contribution in [3.8, 4) is 0 Å². The molecule has 0 amide bonds. The molecule has 0 unspecified atom stereocenters. The summed E-state index contributed by atoms with van der Waals surface area (Å²) in [7, 11) is 2.29. The van der Waals surface area contributed by atoms with Crippen LogP contribution in [-0.4, -0.2) is 54.6 Å². The molecule has 0 radical (unpaired) electrons. The number of nitrogens with zero attached hydrogens (tertiary/aromatic N) is 2. The molecule has 3 nitrogen and oxygen atoms in total.